The van der Waals surface area contributed by atoms with Gasteiger partial charge in [-0.1, -0.05) is 48.0 Å². The maximum atomic E-state index is 6.35. The van der Waals surface area contributed by atoms with Gasteiger partial charge in [-0.15, -0.1) is 0 Å². The fourth-order valence-corrected chi connectivity index (χ4v) is 3.38. The van der Waals surface area contributed by atoms with Gasteiger partial charge in [0.15, 0.2) is 5.11 Å². The smallest absolute Gasteiger partial charge is 0.171 e. The zero-order valence-corrected chi connectivity index (χ0v) is 16.9. The molecule has 0 aliphatic heterocycles. The highest BCUT2D eigenvalue weighted by Gasteiger charge is 2.16. The van der Waals surface area contributed by atoms with E-state index in [-0.39, 0.29) is 0 Å². The molecule has 0 heterocycles. The lowest BCUT2D eigenvalue weighted by Crippen LogP contribution is -3.11. The molecule has 2 aromatic rings. The van der Waals surface area contributed by atoms with Gasteiger partial charge in [-0.05, 0) is 48.8 Å². The summed E-state index contributed by atoms with van der Waals surface area (Å²) in [5.74, 6) is 0. The van der Waals surface area contributed by atoms with E-state index >= 15 is 0 Å². The molecule has 0 aromatic heterocycles. The summed E-state index contributed by atoms with van der Waals surface area (Å²) in [5.41, 5.74) is 4.45. The fourth-order valence-electron chi connectivity index (χ4n) is 2.83. The number of thiocarbonyl (C=S) groups is 1. The number of hydrogen-bond acceptors (Lipinski definition) is 1. The minimum atomic E-state index is 0.428. The molecule has 0 saturated heterocycles. The van der Waals surface area contributed by atoms with Gasteiger partial charge >= 0.3 is 0 Å². The van der Waals surface area contributed by atoms with Crippen LogP contribution in [-0.2, 0) is 6.42 Å². The van der Waals surface area contributed by atoms with Crippen molar-refractivity contribution in [3.63, 3.8) is 0 Å². The standard InChI is InChI=1S/C20H26ClN3S/c1-14-10-15(2)19(18(21)11-14)23-20(25)22-13-17(24(3)4)12-16-8-6-5-7-9-16/h5-11,17H,12-13H2,1-4H3,(H2,22,23,25)/p+1/t17-/m0/s1. The van der Waals surface area contributed by atoms with Crippen LogP contribution in [0.15, 0.2) is 42.5 Å². The van der Waals surface area contributed by atoms with Crippen molar-refractivity contribution in [2.24, 2.45) is 0 Å². The number of aryl methyl sites for hydroxylation is 2. The zero-order valence-electron chi connectivity index (χ0n) is 15.3. The van der Waals surface area contributed by atoms with E-state index in [1.54, 1.807) is 0 Å². The van der Waals surface area contributed by atoms with Crippen LogP contribution < -0.4 is 15.5 Å². The number of anilines is 1. The number of likely N-dealkylation sites (N-methyl/N-ethyl adjacent to an activating group) is 1. The number of benzene rings is 2. The molecule has 0 spiro atoms. The fraction of sp³-hybridized carbons (Fsp3) is 0.350. The first-order valence-corrected chi connectivity index (χ1v) is 9.31. The first-order valence-electron chi connectivity index (χ1n) is 8.52. The molecule has 0 aliphatic rings. The Hall–Kier alpha value is -1.62. The molecule has 0 radical (unpaired) electrons. The van der Waals surface area contributed by atoms with Gasteiger partial charge in [0, 0.05) is 6.42 Å². The van der Waals surface area contributed by atoms with Crippen LogP contribution in [0.2, 0.25) is 5.02 Å². The summed E-state index contributed by atoms with van der Waals surface area (Å²) in [7, 11) is 4.35. The van der Waals surface area contributed by atoms with Crippen molar-refractivity contribution in [2.75, 3.05) is 26.0 Å². The molecule has 5 heteroatoms. The third-order valence-electron chi connectivity index (χ3n) is 4.32. The lowest BCUT2D eigenvalue weighted by molar-refractivity contribution is -0.884. The second-order valence-electron chi connectivity index (χ2n) is 6.74. The van der Waals surface area contributed by atoms with Crippen LogP contribution in [-0.4, -0.2) is 31.8 Å². The Bertz CT molecular complexity index is 693. The Morgan fingerprint density at radius 2 is 1.84 bits per heavy atom. The van der Waals surface area contributed by atoms with Crippen molar-refractivity contribution in [3.05, 3.63) is 64.2 Å². The number of quaternary nitrogens is 1. The SMILES string of the molecule is Cc1cc(C)c(NC(=S)NC[C@H](Cc2ccccc2)[NH+](C)C)c(Cl)c1. The van der Waals surface area contributed by atoms with Gasteiger partial charge < -0.3 is 15.5 Å². The van der Waals surface area contributed by atoms with E-state index < -0.39 is 0 Å². The Labute approximate surface area is 161 Å². The van der Waals surface area contributed by atoms with E-state index in [1.165, 1.54) is 10.5 Å². The van der Waals surface area contributed by atoms with Crippen LogP contribution in [0.3, 0.4) is 0 Å². The predicted molar refractivity (Wildman–Crippen MR) is 112 cm³/mol. The highest BCUT2D eigenvalue weighted by atomic mass is 35.5. The van der Waals surface area contributed by atoms with Crippen LogP contribution >= 0.6 is 23.8 Å². The summed E-state index contributed by atoms with van der Waals surface area (Å²) >= 11 is 11.8. The second-order valence-corrected chi connectivity index (χ2v) is 7.55. The molecular formula is C20H27ClN3S+. The Balaban J connectivity index is 1.95. The first-order chi connectivity index (χ1) is 11.9. The summed E-state index contributed by atoms with van der Waals surface area (Å²) < 4.78 is 0. The van der Waals surface area contributed by atoms with Crippen LogP contribution in [0.4, 0.5) is 5.69 Å². The molecule has 0 fully saturated rings. The van der Waals surface area contributed by atoms with E-state index in [9.17, 15) is 0 Å². The van der Waals surface area contributed by atoms with Crippen molar-refractivity contribution in [1.29, 1.82) is 0 Å². The molecule has 25 heavy (non-hydrogen) atoms. The third kappa shape index (κ3) is 5.99. The minimum absolute atomic E-state index is 0.428. The second kappa shape index (κ2) is 9.18. The van der Waals surface area contributed by atoms with Gasteiger partial charge in [0.1, 0.15) is 6.04 Å². The van der Waals surface area contributed by atoms with E-state index in [0.717, 1.165) is 29.8 Å². The van der Waals surface area contributed by atoms with Crippen molar-refractivity contribution >= 4 is 34.6 Å². The monoisotopic (exact) mass is 376 g/mol. The molecule has 3 nitrogen and oxygen atoms in total. The Morgan fingerprint density at radius 1 is 1.16 bits per heavy atom. The lowest BCUT2D eigenvalue weighted by Gasteiger charge is -2.23. The summed E-state index contributed by atoms with van der Waals surface area (Å²) in [4.78, 5) is 1.39. The summed E-state index contributed by atoms with van der Waals surface area (Å²) in [5, 5.41) is 7.89. The van der Waals surface area contributed by atoms with Gasteiger partial charge in [0.05, 0.1) is 31.4 Å². The maximum Gasteiger partial charge on any atom is 0.171 e. The van der Waals surface area contributed by atoms with Crippen LogP contribution in [0.25, 0.3) is 0 Å². The van der Waals surface area contributed by atoms with Gasteiger partial charge in [0.2, 0.25) is 0 Å². The number of rotatable bonds is 6. The van der Waals surface area contributed by atoms with E-state index in [2.05, 4.69) is 55.1 Å². The predicted octanol–water partition coefficient (Wildman–Crippen LogP) is 3.00. The molecule has 0 saturated carbocycles. The van der Waals surface area contributed by atoms with Gasteiger partial charge in [0.25, 0.3) is 0 Å². The highest BCUT2D eigenvalue weighted by molar-refractivity contribution is 7.80. The van der Waals surface area contributed by atoms with Gasteiger partial charge in [-0.3, -0.25) is 0 Å². The van der Waals surface area contributed by atoms with Crippen LogP contribution in [0.5, 0.6) is 0 Å². The molecule has 0 amide bonds. The molecule has 2 aromatic carbocycles. The molecule has 134 valence electrons. The largest absolute Gasteiger partial charge is 0.356 e. The number of hydrogen-bond donors (Lipinski definition) is 3. The summed E-state index contributed by atoms with van der Waals surface area (Å²) in [6.07, 6.45) is 1.00. The lowest BCUT2D eigenvalue weighted by atomic mass is 10.1. The van der Waals surface area contributed by atoms with E-state index in [1.807, 2.05) is 26.0 Å². The normalized spacial score (nSPS) is 12.1. The number of halogens is 1. The summed E-state index contributed by atoms with van der Waals surface area (Å²) in [6.45, 7) is 4.87. The molecule has 3 N–H and O–H groups in total. The molecule has 1 atom stereocenters. The third-order valence-corrected chi connectivity index (χ3v) is 4.87. The van der Waals surface area contributed by atoms with Crippen molar-refractivity contribution < 1.29 is 4.90 Å². The van der Waals surface area contributed by atoms with Crippen LogP contribution in [0, 0.1) is 13.8 Å². The maximum absolute atomic E-state index is 6.35. The van der Waals surface area contributed by atoms with Crippen molar-refractivity contribution in [1.82, 2.24) is 5.32 Å². The molecule has 0 unspecified atom stereocenters. The van der Waals surface area contributed by atoms with Crippen LogP contribution in [0.1, 0.15) is 16.7 Å². The molecular weight excluding hydrogens is 350 g/mol. The van der Waals surface area contributed by atoms with Gasteiger partial charge in [-0.2, -0.15) is 0 Å². The molecule has 0 aliphatic carbocycles. The first kappa shape index (κ1) is 19.7. The van der Waals surface area contributed by atoms with E-state index in [4.69, 9.17) is 23.8 Å². The quantitative estimate of drug-likeness (QED) is 0.677. The molecule has 2 rings (SSSR count). The number of nitrogens with one attached hydrogen (secondary N) is 3. The van der Waals surface area contributed by atoms with Crippen molar-refractivity contribution in [2.45, 2.75) is 26.3 Å². The summed E-state index contributed by atoms with van der Waals surface area (Å²) in [6, 6.07) is 15.0. The van der Waals surface area contributed by atoms with Gasteiger partial charge in [-0.25, -0.2) is 0 Å². The van der Waals surface area contributed by atoms with E-state index in [0.29, 0.717) is 16.2 Å². The highest BCUT2D eigenvalue weighted by Crippen LogP contribution is 2.27. The Kier molecular flexibility index (Phi) is 7.24. The molecule has 0 bridgehead atoms. The van der Waals surface area contributed by atoms with Crippen molar-refractivity contribution in [3.8, 4) is 0 Å². The minimum Gasteiger partial charge on any atom is -0.356 e. The average molecular weight is 377 g/mol. The zero-order chi connectivity index (χ0) is 18.4. The average Bonchev–Trinajstić information content (AvgIpc) is 2.55. The topological polar surface area (TPSA) is 28.5 Å². The Morgan fingerprint density at radius 3 is 2.44 bits per heavy atom.